The molecule has 4 rings (SSSR count). The van der Waals surface area contributed by atoms with Crippen molar-refractivity contribution in [2.24, 2.45) is 0 Å². The Morgan fingerprint density at radius 2 is 1.92 bits per heavy atom. The van der Waals surface area contributed by atoms with Gasteiger partial charge >= 0.3 is 5.97 Å². The van der Waals surface area contributed by atoms with Gasteiger partial charge in [-0.05, 0) is 50.1 Å². The lowest BCUT2D eigenvalue weighted by Crippen LogP contribution is -2.17. The molecule has 0 saturated heterocycles. The van der Waals surface area contributed by atoms with Gasteiger partial charge in [-0.3, -0.25) is 4.79 Å². The number of hydrogen-bond acceptors (Lipinski definition) is 8. The number of thiophene rings is 1. The van der Waals surface area contributed by atoms with Gasteiger partial charge in [0.2, 0.25) is 5.91 Å². The summed E-state index contributed by atoms with van der Waals surface area (Å²) >= 11 is 8.58. The van der Waals surface area contributed by atoms with E-state index in [2.05, 4.69) is 15.5 Å². The van der Waals surface area contributed by atoms with Gasteiger partial charge in [0.1, 0.15) is 22.9 Å². The molecule has 2 aromatic carbocycles. The molecule has 0 saturated carbocycles. The van der Waals surface area contributed by atoms with Gasteiger partial charge < -0.3 is 19.4 Å². The quantitative estimate of drug-likeness (QED) is 0.163. The number of ether oxygens (including phenoxy) is 2. The summed E-state index contributed by atoms with van der Waals surface area (Å²) in [6.45, 7) is 6.75. The summed E-state index contributed by atoms with van der Waals surface area (Å²) in [5.74, 6) is 0.733. The van der Waals surface area contributed by atoms with E-state index in [1.807, 2.05) is 66.3 Å². The van der Waals surface area contributed by atoms with Crippen LogP contribution < -0.4 is 10.1 Å². The maximum absolute atomic E-state index is 12.9. The first-order chi connectivity index (χ1) is 18.4. The van der Waals surface area contributed by atoms with Gasteiger partial charge in [-0.15, -0.1) is 21.5 Å². The molecule has 4 aromatic rings. The van der Waals surface area contributed by atoms with E-state index in [0.717, 1.165) is 22.4 Å². The molecule has 198 valence electrons. The van der Waals surface area contributed by atoms with Crippen molar-refractivity contribution in [1.29, 1.82) is 0 Å². The van der Waals surface area contributed by atoms with Crippen LogP contribution >= 0.6 is 34.7 Å². The lowest BCUT2D eigenvalue weighted by molar-refractivity contribution is -0.113. The zero-order valence-electron chi connectivity index (χ0n) is 21.2. The summed E-state index contributed by atoms with van der Waals surface area (Å²) < 4.78 is 13.1. The van der Waals surface area contributed by atoms with Crippen LogP contribution in [-0.2, 0) is 22.7 Å². The summed E-state index contributed by atoms with van der Waals surface area (Å²) in [7, 11) is 0. The topological polar surface area (TPSA) is 95.3 Å². The van der Waals surface area contributed by atoms with E-state index >= 15 is 0 Å². The van der Waals surface area contributed by atoms with E-state index in [1.165, 1.54) is 23.1 Å². The van der Waals surface area contributed by atoms with Gasteiger partial charge in [-0.25, -0.2) is 4.79 Å². The number of carbonyl (C=O) groups is 2. The predicted molar refractivity (Wildman–Crippen MR) is 151 cm³/mol. The monoisotopic (exact) mass is 570 g/mol. The fraction of sp³-hybridized carbons (Fsp3) is 0.259. The Balaban J connectivity index is 1.43. The van der Waals surface area contributed by atoms with Crippen molar-refractivity contribution in [3.05, 3.63) is 75.9 Å². The smallest absolute Gasteiger partial charge is 0.341 e. The van der Waals surface area contributed by atoms with Crippen molar-refractivity contribution in [2.45, 2.75) is 39.1 Å². The number of hydrogen-bond donors (Lipinski definition) is 1. The van der Waals surface area contributed by atoms with E-state index in [4.69, 9.17) is 21.1 Å². The third kappa shape index (κ3) is 6.56. The van der Waals surface area contributed by atoms with Crippen LogP contribution in [0.15, 0.2) is 59.1 Å². The number of amides is 1. The van der Waals surface area contributed by atoms with E-state index in [1.54, 1.807) is 13.0 Å². The van der Waals surface area contributed by atoms with Crippen molar-refractivity contribution >= 4 is 51.6 Å². The van der Waals surface area contributed by atoms with Gasteiger partial charge in [0.05, 0.1) is 12.4 Å². The minimum Gasteiger partial charge on any atom is -0.485 e. The number of aryl methyl sites for hydroxylation is 1. The fourth-order valence-electron chi connectivity index (χ4n) is 3.75. The minimum atomic E-state index is -0.471. The third-order valence-corrected chi connectivity index (χ3v) is 7.64. The molecule has 11 heteroatoms. The minimum absolute atomic E-state index is 0.0934. The Morgan fingerprint density at radius 3 is 2.63 bits per heavy atom. The number of halogens is 1. The number of thioether (sulfide) groups is 1. The van der Waals surface area contributed by atoms with Crippen molar-refractivity contribution in [1.82, 2.24) is 14.8 Å². The number of aromatic nitrogens is 3. The molecule has 0 aliphatic heterocycles. The van der Waals surface area contributed by atoms with Crippen LogP contribution in [0, 0.1) is 6.92 Å². The van der Waals surface area contributed by atoms with Crippen molar-refractivity contribution in [3.63, 3.8) is 0 Å². The second-order valence-corrected chi connectivity index (χ2v) is 10.4. The van der Waals surface area contributed by atoms with Crippen LogP contribution in [-0.4, -0.2) is 39.0 Å². The zero-order chi connectivity index (χ0) is 27.1. The molecule has 2 heterocycles. The predicted octanol–water partition coefficient (Wildman–Crippen LogP) is 6.47. The van der Waals surface area contributed by atoms with E-state index in [-0.39, 0.29) is 24.9 Å². The molecule has 0 atom stereocenters. The fourth-order valence-corrected chi connectivity index (χ4v) is 5.77. The first-order valence-corrected chi connectivity index (χ1v) is 14.2. The lowest BCUT2D eigenvalue weighted by atomic mass is 10.0. The van der Waals surface area contributed by atoms with Gasteiger partial charge in [0.25, 0.3) is 0 Å². The highest BCUT2D eigenvalue weighted by Crippen LogP contribution is 2.36. The molecular formula is C27H27ClN4O4S2. The lowest BCUT2D eigenvalue weighted by Gasteiger charge is -2.11. The first kappa shape index (κ1) is 27.7. The SMILES string of the molecule is CCOC(=O)c1c(-c2ccccc2)csc1NC(=O)CSc1nnc(COc2ccc(Cl)cc2C)n1CC. The van der Waals surface area contributed by atoms with Crippen LogP contribution in [0.25, 0.3) is 11.1 Å². The van der Waals surface area contributed by atoms with E-state index < -0.39 is 5.97 Å². The second kappa shape index (κ2) is 12.9. The number of esters is 1. The molecule has 0 unspecified atom stereocenters. The Morgan fingerprint density at radius 1 is 1.13 bits per heavy atom. The maximum atomic E-state index is 12.9. The van der Waals surface area contributed by atoms with Gasteiger partial charge in [-0.2, -0.15) is 0 Å². The van der Waals surface area contributed by atoms with Crippen LogP contribution in [0.3, 0.4) is 0 Å². The van der Waals surface area contributed by atoms with Crippen molar-refractivity contribution < 1.29 is 19.1 Å². The number of nitrogens with zero attached hydrogens (tertiary/aromatic N) is 3. The van der Waals surface area contributed by atoms with Gasteiger partial charge in [-0.1, -0.05) is 53.7 Å². The summed E-state index contributed by atoms with van der Waals surface area (Å²) in [6, 6.07) is 15.0. The molecule has 0 bridgehead atoms. The molecule has 0 aliphatic carbocycles. The standard InChI is InChI=1S/C27H27ClN4O4S2/c1-4-32-22(14-36-21-12-11-19(28)13-17(21)3)30-31-27(32)38-16-23(33)29-25-24(26(34)35-5-2)20(15-37-25)18-9-7-6-8-10-18/h6-13,15H,4-5,14,16H2,1-3H3,(H,29,33). The second-order valence-electron chi connectivity index (χ2n) is 8.12. The molecule has 0 radical (unpaired) electrons. The molecular weight excluding hydrogens is 544 g/mol. The average Bonchev–Trinajstić information content (AvgIpc) is 3.51. The van der Waals surface area contributed by atoms with Crippen molar-refractivity contribution in [2.75, 3.05) is 17.7 Å². The number of nitrogens with one attached hydrogen (secondary N) is 1. The zero-order valence-corrected chi connectivity index (χ0v) is 23.6. The molecule has 2 aromatic heterocycles. The summed E-state index contributed by atoms with van der Waals surface area (Å²) in [6.07, 6.45) is 0. The Bertz CT molecular complexity index is 1420. The Kier molecular flexibility index (Phi) is 9.43. The van der Waals surface area contributed by atoms with Crippen LogP contribution in [0.4, 0.5) is 5.00 Å². The highest BCUT2D eigenvalue weighted by Gasteiger charge is 2.23. The molecule has 38 heavy (non-hydrogen) atoms. The largest absolute Gasteiger partial charge is 0.485 e. The third-order valence-electron chi connectivity index (χ3n) is 5.54. The average molecular weight is 571 g/mol. The van der Waals surface area contributed by atoms with E-state index in [9.17, 15) is 9.59 Å². The highest BCUT2D eigenvalue weighted by molar-refractivity contribution is 7.99. The first-order valence-electron chi connectivity index (χ1n) is 12.0. The van der Waals surface area contributed by atoms with E-state index in [0.29, 0.717) is 33.1 Å². The molecule has 8 nitrogen and oxygen atoms in total. The van der Waals surface area contributed by atoms with Crippen LogP contribution in [0.1, 0.15) is 35.6 Å². The maximum Gasteiger partial charge on any atom is 0.341 e. The normalized spacial score (nSPS) is 10.8. The van der Waals surface area contributed by atoms with Gasteiger partial charge in [0, 0.05) is 22.5 Å². The number of benzene rings is 2. The Labute approximate surface area is 234 Å². The molecule has 0 fully saturated rings. The number of anilines is 1. The number of carbonyl (C=O) groups excluding carboxylic acids is 2. The highest BCUT2D eigenvalue weighted by atomic mass is 35.5. The number of rotatable bonds is 11. The summed E-state index contributed by atoms with van der Waals surface area (Å²) in [4.78, 5) is 25.6. The summed E-state index contributed by atoms with van der Waals surface area (Å²) in [5.41, 5.74) is 2.89. The molecule has 0 spiro atoms. The van der Waals surface area contributed by atoms with Gasteiger partial charge in [0.15, 0.2) is 11.0 Å². The summed E-state index contributed by atoms with van der Waals surface area (Å²) in [5, 5.41) is 15.0. The van der Waals surface area contributed by atoms with Crippen molar-refractivity contribution in [3.8, 4) is 16.9 Å². The molecule has 1 amide bonds. The van der Waals surface area contributed by atoms with Crippen LogP contribution in [0.2, 0.25) is 5.02 Å². The van der Waals surface area contributed by atoms with Crippen LogP contribution in [0.5, 0.6) is 5.75 Å². The molecule has 1 N–H and O–H groups in total. The molecule has 0 aliphatic rings. The Hall–Kier alpha value is -3.34.